The van der Waals surface area contributed by atoms with Gasteiger partial charge in [-0.25, -0.2) is 4.39 Å². The number of carbonyl (C=O) groups excluding carboxylic acids is 3. The molecule has 0 spiro atoms. The highest BCUT2D eigenvalue weighted by Gasteiger charge is 2.69. The Hall–Kier alpha value is -3.83. The zero-order valence-corrected chi connectivity index (χ0v) is 21.7. The van der Waals surface area contributed by atoms with Gasteiger partial charge in [0, 0.05) is 28.2 Å². The van der Waals surface area contributed by atoms with Crippen LogP contribution < -0.4 is 25.0 Å². The molecule has 1 aromatic heterocycles. The molecule has 2 aromatic carbocycles. The molecule has 0 saturated heterocycles. The summed E-state index contributed by atoms with van der Waals surface area (Å²) in [6, 6.07) is 10.2. The quantitative estimate of drug-likeness (QED) is 0.442. The maximum atomic E-state index is 13.6. The number of aromatic nitrogens is 1. The van der Waals surface area contributed by atoms with Gasteiger partial charge in [-0.1, -0.05) is 28.4 Å². The van der Waals surface area contributed by atoms with E-state index in [1.165, 1.54) is 29.3 Å². The third-order valence-corrected chi connectivity index (χ3v) is 7.64. The zero-order chi connectivity index (χ0) is 27.4. The minimum absolute atomic E-state index is 0.0178. The number of hydrogen-bond acceptors (Lipinski definition) is 7. The first-order valence-electron chi connectivity index (χ1n) is 12.0. The molecule has 2 bridgehead atoms. The van der Waals surface area contributed by atoms with Gasteiger partial charge in [0.25, 0.3) is 17.7 Å². The highest BCUT2D eigenvalue weighted by Crippen LogP contribution is 2.60. The Labute approximate surface area is 231 Å². The fraction of sp³-hybridized carbons (Fsp3) is 0.308. The topological polar surface area (TPSA) is 123 Å². The van der Waals surface area contributed by atoms with Gasteiger partial charge in [0.05, 0.1) is 23.5 Å². The Balaban J connectivity index is 1.05. The summed E-state index contributed by atoms with van der Waals surface area (Å²) in [6.07, 6.45) is 2.03. The van der Waals surface area contributed by atoms with Crippen molar-refractivity contribution < 1.29 is 32.8 Å². The standard InChI is InChI=1S/C26H21Cl2FN4O6/c27-14-1-4-19-18(7-14)33(24(36)20-5-6-30-39-20)9-21(38-19)23(35)32-26-11-25(12-26,13-26)31-22(34)10-37-15-2-3-16(28)17(29)8-15/h1-8,21H,9-13H2,(H,31,34)(H,32,35). The van der Waals surface area contributed by atoms with E-state index >= 15 is 0 Å². The van der Waals surface area contributed by atoms with Gasteiger partial charge in [-0.3, -0.25) is 19.3 Å². The average Bonchev–Trinajstić information content (AvgIpc) is 3.41. The van der Waals surface area contributed by atoms with Crippen molar-refractivity contribution in [2.45, 2.75) is 36.4 Å². The minimum Gasteiger partial charge on any atom is -0.484 e. The van der Waals surface area contributed by atoms with Crippen LogP contribution in [-0.4, -0.2) is 53.2 Å². The van der Waals surface area contributed by atoms with Gasteiger partial charge < -0.3 is 24.6 Å². The number of nitrogens with zero attached hydrogens (tertiary/aromatic N) is 2. The molecule has 39 heavy (non-hydrogen) atoms. The number of fused-ring (bicyclic) bond motifs is 1. The molecule has 3 fully saturated rings. The van der Waals surface area contributed by atoms with Gasteiger partial charge in [-0.2, -0.15) is 0 Å². The fourth-order valence-electron chi connectivity index (χ4n) is 5.49. The number of anilines is 1. The predicted octanol–water partition coefficient (Wildman–Crippen LogP) is 3.51. The molecule has 10 nitrogen and oxygen atoms in total. The van der Waals surface area contributed by atoms with Gasteiger partial charge in [-0.15, -0.1) is 0 Å². The minimum atomic E-state index is -0.974. The number of halogens is 3. The second kappa shape index (κ2) is 9.42. The van der Waals surface area contributed by atoms with Crippen molar-refractivity contribution in [1.29, 1.82) is 0 Å². The summed E-state index contributed by atoms with van der Waals surface area (Å²) in [5.74, 6) is -1.29. The molecule has 3 saturated carbocycles. The van der Waals surface area contributed by atoms with Crippen LogP contribution in [0.1, 0.15) is 29.8 Å². The summed E-state index contributed by atoms with van der Waals surface area (Å²) in [5.41, 5.74) is -0.471. The van der Waals surface area contributed by atoms with Crippen LogP contribution in [0.2, 0.25) is 10.0 Å². The summed E-state index contributed by atoms with van der Waals surface area (Å²) in [5, 5.41) is 9.93. The van der Waals surface area contributed by atoms with E-state index in [4.69, 9.17) is 37.2 Å². The largest absolute Gasteiger partial charge is 0.484 e. The van der Waals surface area contributed by atoms with Crippen molar-refractivity contribution in [2.75, 3.05) is 18.1 Å². The van der Waals surface area contributed by atoms with E-state index < -0.39 is 28.9 Å². The first kappa shape index (κ1) is 25.4. The van der Waals surface area contributed by atoms with Gasteiger partial charge in [0.1, 0.15) is 17.3 Å². The molecule has 3 aromatic rings. The molecule has 7 rings (SSSR count). The highest BCUT2D eigenvalue weighted by molar-refractivity contribution is 6.31. The van der Waals surface area contributed by atoms with Crippen LogP contribution in [0.15, 0.2) is 53.2 Å². The number of ether oxygens (including phenoxy) is 2. The van der Waals surface area contributed by atoms with Gasteiger partial charge in [-0.05, 0) is 49.6 Å². The molecule has 13 heteroatoms. The first-order chi connectivity index (χ1) is 18.6. The van der Waals surface area contributed by atoms with Gasteiger partial charge in [0.15, 0.2) is 12.7 Å². The smallest absolute Gasteiger partial charge is 0.297 e. The number of hydrogen-bond donors (Lipinski definition) is 2. The van der Waals surface area contributed by atoms with Crippen molar-refractivity contribution in [2.24, 2.45) is 0 Å². The zero-order valence-electron chi connectivity index (χ0n) is 20.2. The van der Waals surface area contributed by atoms with Gasteiger partial charge in [0.2, 0.25) is 5.76 Å². The lowest BCUT2D eigenvalue weighted by molar-refractivity contribution is -0.153. The van der Waals surface area contributed by atoms with E-state index in [9.17, 15) is 18.8 Å². The second-order valence-electron chi connectivity index (χ2n) is 10.0. The lowest BCUT2D eigenvalue weighted by atomic mass is 9.44. The summed E-state index contributed by atoms with van der Waals surface area (Å²) in [7, 11) is 0. The van der Waals surface area contributed by atoms with E-state index in [0.29, 0.717) is 35.7 Å². The Bertz CT molecular complexity index is 1460. The third kappa shape index (κ3) is 4.76. The summed E-state index contributed by atoms with van der Waals surface area (Å²) in [4.78, 5) is 40.1. The van der Waals surface area contributed by atoms with Crippen LogP contribution in [-0.2, 0) is 9.59 Å². The molecule has 2 N–H and O–H groups in total. The molecule has 1 unspecified atom stereocenters. The maximum Gasteiger partial charge on any atom is 0.297 e. The van der Waals surface area contributed by atoms with Crippen LogP contribution in [0.3, 0.4) is 0 Å². The van der Waals surface area contributed by atoms with Crippen LogP contribution in [0.25, 0.3) is 0 Å². The van der Waals surface area contributed by atoms with E-state index in [-0.39, 0.29) is 41.5 Å². The van der Waals surface area contributed by atoms with Crippen LogP contribution in [0, 0.1) is 5.82 Å². The molecule has 2 heterocycles. The van der Waals surface area contributed by atoms with Crippen molar-refractivity contribution in [1.82, 2.24) is 15.8 Å². The lowest BCUT2D eigenvalue weighted by Gasteiger charge is -2.70. The highest BCUT2D eigenvalue weighted by atomic mass is 35.5. The van der Waals surface area contributed by atoms with Crippen molar-refractivity contribution >= 4 is 46.6 Å². The molecule has 3 aliphatic carbocycles. The molecule has 3 amide bonds. The van der Waals surface area contributed by atoms with E-state index in [0.717, 1.165) is 6.07 Å². The van der Waals surface area contributed by atoms with Crippen molar-refractivity contribution in [3.05, 3.63) is 70.3 Å². The molecule has 202 valence electrons. The predicted molar refractivity (Wildman–Crippen MR) is 137 cm³/mol. The second-order valence-corrected chi connectivity index (χ2v) is 10.8. The summed E-state index contributed by atoms with van der Waals surface area (Å²) >= 11 is 11.8. The Morgan fingerprint density at radius 1 is 1.08 bits per heavy atom. The first-order valence-corrected chi connectivity index (χ1v) is 12.8. The Kier molecular flexibility index (Phi) is 6.15. The number of amides is 3. The normalized spacial score (nSPS) is 24.4. The number of rotatable bonds is 7. The van der Waals surface area contributed by atoms with Crippen molar-refractivity contribution in [3.8, 4) is 11.5 Å². The number of nitrogens with one attached hydrogen (secondary N) is 2. The third-order valence-electron chi connectivity index (χ3n) is 7.10. The van der Waals surface area contributed by atoms with E-state index in [1.54, 1.807) is 18.2 Å². The molecular formula is C26H21Cl2FN4O6. The monoisotopic (exact) mass is 574 g/mol. The molecule has 1 atom stereocenters. The van der Waals surface area contributed by atoms with E-state index in [1.807, 2.05) is 0 Å². The van der Waals surface area contributed by atoms with Crippen LogP contribution in [0.5, 0.6) is 11.5 Å². The SMILES string of the molecule is O=C(COc1ccc(Cl)c(F)c1)NC12CC(NC(=O)C3CN(C(=O)c4ccno4)c4cc(Cl)ccc4O3)(C1)C2. The maximum absolute atomic E-state index is 13.6. The molecule has 0 radical (unpaired) electrons. The van der Waals surface area contributed by atoms with Crippen LogP contribution in [0.4, 0.5) is 10.1 Å². The van der Waals surface area contributed by atoms with Crippen LogP contribution >= 0.6 is 23.2 Å². The Morgan fingerprint density at radius 3 is 2.56 bits per heavy atom. The Morgan fingerprint density at radius 2 is 1.85 bits per heavy atom. The number of carbonyl (C=O) groups is 3. The van der Waals surface area contributed by atoms with Gasteiger partial charge >= 0.3 is 0 Å². The lowest BCUT2D eigenvalue weighted by Crippen LogP contribution is -2.84. The fourth-order valence-corrected chi connectivity index (χ4v) is 5.77. The number of benzene rings is 2. The van der Waals surface area contributed by atoms with Crippen molar-refractivity contribution in [3.63, 3.8) is 0 Å². The molecular weight excluding hydrogens is 554 g/mol. The molecule has 1 aliphatic heterocycles. The summed E-state index contributed by atoms with van der Waals surface area (Å²) in [6.45, 7) is -0.337. The summed E-state index contributed by atoms with van der Waals surface area (Å²) < 4.78 is 29.8. The van der Waals surface area contributed by atoms with E-state index in [2.05, 4.69) is 15.8 Å². The molecule has 4 aliphatic rings. The average molecular weight is 575 g/mol.